The van der Waals surface area contributed by atoms with Crippen molar-refractivity contribution in [3.8, 4) is 6.07 Å². The third-order valence-corrected chi connectivity index (χ3v) is 6.40. The lowest BCUT2D eigenvalue weighted by atomic mass is 9.96. The second-order valence-corrected chi connectivity index (χ2v) is 9.71. The molecule has 210 valence electrons. The molecular formula is C26H24ClF6N3O3. The first-order valence-corrected chi connectivity index (χ1v) is 12.2. The number of nitriles is 1. The van der Waals surface area contributed by atoms with Crippen LogP contribution in [0.3, 0.4) is 0 Å². The Kier molecular flexibility index (Phi) is 8.75. The van der Waals surface area contributed by atoms with Crippen LogP contribution in [0.4, 0.5) is 36.8 Å². The van der Waals surface area contributed by atoms with E-state index in [-0.39, 0.29) is 46.4 Å². The van der Waals surface area contributed by atoms with E-state index in [1.54, 1.807) is 13.8 Å². The largest absolute Gasteiger partial charge is 0.446 e. The summed E-state index contributed by atoms with van der Waals surface area (Å²) >= 11 is 6.24. The number of rotatable bonds is 4. The van der Waals surface area contributed by atoms with E-state index in [0.29, 0.717) is 18.6 Å². The van der Waals surface area contributed by atoms with Gasteiger partial charge in [0.05, 0.1) is 39.5 Å². The standard InChI is InChI=1S/C26H24ClF6N3O3/c1-14(2)39-24(38)35-6-4-5-22(20-9-17(12-34)21(27)11-23(20)35)36(15(3)37)13-16-7-18(25(28,29)30)10-19(8-16)26(31,32)33/h7-11,14,22H,4-6,13H2,1-3H3. The van der Waals surface area contributed by atoms with Gasteiger partial charge in [-0.15, -0.1) is 0 Å². The lowest BCUT2D eigenvalue weighted by Crippen LogP contribution is -2.35. The zero-order valence-corrected chi connectivity index (χ0v) is 21.8. The molecule has 0 N–H and O–H groups in total. The number of hydrogen-bond acceptors (Lipinski definition) is 4. The molecule has 0 radical (unpaired) electrons. The average molecular weight is 576 g/mol. The van der Waals surface area contributed by atoms with Crippen molar-refractivity contribution in [2.24, 2.45) is 0 Å². The monoisotopic (exact) mass is 575 g/mol. The van der Waals surface area contributed by atoms with Gasteiger partial charge < -0.3 is 9.64 Å². The Balaban J connectivity index is 2.15. The second kappa shape index (κ2) is 11.3. The van der Waals surface area contributed by atoms with Gasteiger partial charge in [-0.3, -0.25) is 9.69 Å². The van der Waals surface area contributed by atoms with Crippen LogP contribution >= 0.6 is 11.6 Å². The fraction of sp³-hybridized carbons (Fsp3) is 0.423. The second-order valence-electron chi connectivity index (χ2n) is 9.31. The number of ether oxygens (including phenoxy) is 1. The lowest BCUT2D eigenvalue weighted by Gasteiger charge is -2.33. The van der Waals surface area contributed by atoms with Crippen molar-refractivity contribution >= 4 is 29.3 Å². The van der Waals surface area contributed by atoms with Crippen LogP contribution < -0.4 is 4.90 Å². The predicted octanol–water partition coefficient (Wildman–Crippen LogP) is 7.48. The van der Waals surface area contributed by atoms with E-state index in [1.807, 2.05) is 6.07 Å². The van der Waals surface area contributed by atoms with Crippen LogP contribution in [0.2, 0.25) is 5.02 Å². The van der Waals surface area contributed by atoms with Crippen LogP contribution in [-0.2, 0) is 28.4 Å². The summed E-state index contributed by atoms with van der Waals surface area (Å²) in [7, 11) is 0. The highest BCUT2D eigenvalue weighted by Gasteiger charge is 2.38. The molecule has 13 heteroatoms. The molecular weight excluding hydrogens is 552 g/mol. The van der Waals surface area contributed by atoms with Gasteiger partial charge in [0.15, 0.2) is 0 Å². The van der Waals surface area contributed by atoms with Crippen LogP contribution in [0.15, 0.2) is 30.3 Å². The van der Waals surface area contributed by atoms with E-state index in [1.165, 1.54) is 17.0 Å². The van der Waals surface area contributed by atoms with Gasteiger partial charge in [0.1, 0.15) is 6.07 Å². The summed E-state index contributed by atoms with van der Waals surface area (Å²) in [6, 6.07) is 4.89. The quantitative estimate of drug-likeness (QED) is 0.354. The molecule has 6 nitrogen and oxygen atoms in total. The number of benzene rings is 2. The summed E-state index contributed by atoms with van der Waals surface area (Å²) in [5, 5.41) is 9.55. The molecule has 2 amide bonds. The van der Waals surface area contributed by atoms with Crippen LogP contribution in [-0.4, -0.2) is 29.5 Å². The average Bonchev–Trinajstić information content (AvgIpc) is 2.99. The normalized spacial score (nSPS) is 15.8. The topological polar surface area (TPSA) is 73.6 Å². The van der Waals surface area contributed by atoms with Crippen LogP contribution in [0.1, 0.15) is 67.5 Å². The van der Waals surface area contributed by atoms with Crippen LogP contribution in [0, 0.1) is 11.3 Å². The fourth-order valence-corrected chi connectivity index (χ4v) is 4.61. The van der Waals surface area contributed by atoms with E-state index < -0.39 is 54.2 Å². The molecule has 0 fully saturated rings. The van der Waals surface area contributed by atoms with Gasteiger partial charge in [0, 0.05) is 20.0 Å². The van der Waals surface area contributed by atoms with Gasteiger partial charge in [-0.1, -0.05) is 11.6 Å². The number of carbonyl (C=O) groups excluding carboxylic acids is 2. The van der Waals surface area contributed by atoms with Gasteiger partial charge in [0.25, 0.3) is 0 Å². The highest BCUT2D eigenvalue weighted by molar-refractivity contribution is 6.32. The Morgan fingerprint density at radius 1 is 1.10 bits per heavy atom. The summed E-state index contributed by atoms with van der Waals surface area (Å²) in [4.78, 5) is 28.1. The first-order valence-electron chi connectivity index (χ1n) is 11.8. The highest BCUT2D eigenvalue weighted by atomic mass is 35.5. The Morgan fingerprint density at radius 2 is 1.69 bits per heavy atom. The zero-order valence-electron chi connectivity index (χ0n) is 21.1. The molecule has 2 aromatic carbocycles. The van der Waals surface area contributed by atoms with E-state index >= 15 is 0 Å². The summed E-state index contributed by atoms with van der Waals surface area (Å²) in [6.07, 6.45) is -10.8. The van der Waals surface area contributed by atoms with Gasteiger partial charge in [-0.2, -0.15) is 31.6 Å². The molecule has 0 saturated heterocycles. The molecule has 0 aliphatic carbocycles. The molecule has 0 spiro atoms. The smallest absolute Gasteiger partial charge is 0.416 e. The molecule has 0 saturated carbocycles. The molecule has 1 atom stereocenters. The van der Waals surface area contributed by atoms with Crippen molar-refractivity contribution in [1.29, 1.82) is 5.26 Å². The van der Waals surface area contributed by atoms with Gasteiger partial charge >= 0.3 is 18.4 Å². The number of hydrogen-bond donors (Lipinski definition) is 0. The lowest BCUT2D eigenvalue weighted by molar-refractivity contribution is -0.143. The Labute approximate surface area is 225 Å². The Morgan fingerprint density at radius 3 is 2.18 bits per heavy atom. The van der Waals surface area contributed by atoms with Gasteiger partial charge in [0.2, 0.25) is 5.91 Å². The number of anilines is 1. The summed E-state index contributed by atoms with van der Waals surface area (Å²) in [5.74, 6) is -0.636. The summed E-state index contributed by atoms with van der Waals surface area (Å²) in [5.41, 5.74) is -2.87. The van der Waals surface area contributed by atoms with Crippen molar-refractivity contribution < 1.29 is 40.7 Å². The molecule has 1 heterocycles. The van der Waals surface area contributed by atoms with E-state index in [9.17, 15) is 41.2 Å². The van der Waals surface area contributed by atoms with Crippen molar-refractivity contribution in [1.82, 2.24) is 4.90 Å². The Hall–Kier alpha value is -3.46. The van der Waals surface area contributed by atoms with Crippen molar-refractivity contribution in [3.63, 3.8) is 0 Å². The summed E-state index contributed by atoms with van der Waals surface area (Å²) < 4.78 is 85.9. The number of amides is 2. The molecule has 2 aromatic rings. The minimum Gasteiger partial charge on any atom is -0.446 e. The van der Waals surface area contributed by atoms with Crippen molar-refractivity contribution in [2.75, 3.05) is 11.4 Å². The molecule has 0 bridgehead atoms. The minimum absolute atomic E-state index is 0.0151. The minimum atomic E-state index is -5.05. The molecule has 3 rings (SSSR count). The van der Waals surface area contributed by atoms with Crippen molar-refractivity contribution in [3.05, 3.63) is 63.2 Å². The maximum atomic E-state index is 13.4. The van der Waals surface area contributed by atoms with Crippen molar-refractivity contribution in [2.45, 2.75) is 64.7 Å². The molecule has 1 aliphatic heterocycles. The number of nitrogens with zero attached hydrogens (tertiary/aromatic N) is 3. The van der Waals surface area contributed by atoms with Gasteiger partial charge in [-0.25, -0.2) is 4.79 Å². The molecule has 1 unspecified atom stereocenters. The third-order valence-electron chi connectivity index (χ3n) is 6.08. The number of alkyl halides is 6. The van der Waals surface area contributed by atoms with E-state index in [0.717, 1.165) is 11.8 Å². The maximum Gasteiger partial charge on any atom is 0.416 e. The molecule has 0 aromatic heterocycles. The molecule has 1 aliphatic rings. The first kappa shape index (κ1) is 30.1. The Bertz CT molecular complexity index is 1270. The fourth-order valence-electron chi connectivity index (χ4n) is 4.41. The van der Waals surface area contributed by atoms with Gasteiger partial charge in [-0.05, 0) is 68.1 Å². The maximum absolute atomic E-state index is 13.4. The molecule has 39 heavy (non-hydrogen) atoms. The summed E-state index contributed by atoms with van der Waals surface area (Å²) in [6.45, 7) is 3.97. The SMILES string of the molecule is CC(=O)N(Cc1cc(C(F)(F)F)cc(C(F)(F)F)c1)C1CCCN(C(=O)OC(C)C)c2cc(Cl)c(C#N)cc21. The number of carbonyl (C=O) groups is 2. The predicted molar refractivity (Wildman–Crippen MR) is 130 cm³/mol. The number of fused-ring (bicyclic) bond motifs is 1. The zero-order chi connectivity index (χ0) is 29.3. The van der Waals surface area contributed by atoms with E-state index in [4.69, 9.17) is 16.3 Å². The first-order chi connectivity index (χ1) is 18.0. The van der Waals surface area contributed by atoms with E-state index in [2.05, 4.69) is 0 Å². The van der Waals surface area contributed by atoms with Crippen LogP contribution in [0.5, 0.6) is 0 Å². The van der Waals surface area contributed by atoms with Crippen LogP contribution in [0.25, 0.3) is 0 Å². The highest BCUT2D eigenvalue weighted by Crippen LogP contribution is 2.42. The number of halogens is 7. The third kappa shape index (κ3) is 6.95.